The molecule has 2 N–H and O–H groups in total. The number of rotatable bonds is 7. The van der Waals surface area contributed by atoms with Gasteiger partial charge in [0.05, 0.1) is 0 Å². The van der Waals surface area contributed by atoms with Crippen molar-refractivity contribution in [2.75, 3.05) is 51.2 Å². The van der Waals surface area contributed by atoms with Gasteiger partial charge < -0.3 is 20.4 Å². The zero-order valence-corrected chi connectivity index (χ0v) is 20.9. The van der Waals surface area contributed by atoms with Crippen LogP contribution in [0, 0.1) is 17.7 Å². The number of anilines is 1. The molecule has 0 bridgehead atoms. The molecule has 1 aromatic rings. The number of halogens is 2. The normalized spacial score (nSPS) is 25.1. The van der Waals surface area contributed by atoms with E-state index in [2.05, 4.69) is 39.4 Å². The van der Waals surface area contributed by atoms with Gasteiger partial charge in [-0.15, -0.1) is 24.0 Å². The van der Waals surface area contributed by atoms with Crippen molar-refractivity contribution in [1.29, 1.82) is 0 Å². The number of aliphatic imine (C=N–C) groups is 1. The molecule has 2 aliphatic rings. The third-order valence-electron chi connectivity index (χ3n) is 5.93. The summed E-state index contributed by atoms with van der Waals surface area (Å²) in [6.45, 7) is 10.9. The maximum atomic E-state index is 13.9. The van der Waals surface area contributed by atoms with Crippen LogP contribution in [-0.2, 0) is 0 Å². The van der Waals surface area contributed by atoms with Gasteiger partial charge in [-0.1, -0.05) is 13.8 Å². The first kappa shape index (κ1) is 25.1. The van der Waals surface area contributed by atoms with Crippen LogP contribution in [0.2, 0.25) is 0 Å². The molecule has 2 aliphatic heterocycles. The van der Waals surface area contributed by atoms with Crippen LogP contribution in [0.4, 0.5) is 10.2 Å². The minimum atomic E-state index is -0.256. The summed E-state index contributed by atoms with van der Waals surface area (Å²) >= 11 is 0. The minimum absolute atomic E-state index is 0. The Morgan fingerprint density at radius 3 is 2.70 bits per heavy atom. The van der Waals surface area contributed by atoms with Gasteiger partial charge in [-0.25, -0.2) is 9.37 Å². The first-order chi connectivity index (χ1) is 14.0. The fraction of sp³-hybridized carbons (Fsp3) is 0.727. The van der Waals surface area contributed by atoms with Gasteiger partial charge in [-0.05, 0) is 56.2 Å². The average Bonchev–Trinajstić information content (AvgIpc) is 3.14. The topological polar surface area (TPSA) is 55.8 Å². The van der Waals surface area contributed by atoms with E-state index in [-0.39, 0.29) is 35.8 Å². The average molecular weight is 532 g/mol. The molecule has 3 heterocycles. The molecule has 3 unspecified atom stereocenters. The van der Waals surface area contributed by atoms with Crippen LogP contribution >= 0.6 is 24.0 Å². The van der Waals surface area contributed by atoms with Crippen LogP contribution in [0.5, 0.6) is 0 Å². The summed E-state index contributed by atoms with van der Waals surface area (Å²) in [4.78, 5) is 13.2. The SMILES string of the molecule is CN=C(NCCCCN1CC(C)CC(C)C1)NC1CCN(c2ncccc2F)C1.I. The Bertz CT molecular complexity index is 663. The van der Waals surface area contributed by atoms with Crippen molar-refractivity contribution < 1.29 is 4.39 Å². The standard InChI is InChI=1S/C22H37FN6.HI/c1-17-13-18(2)15-28(14-17)11-5-4-9-26-22(24-3)27-19-8-12-29(16-19)21-20(23)7-6-10-25-21;/h6-7,10,17-19H,4-5,8-9,11-16H2,1-3H3,(H2,24,26,27);1H. The van der Waals surface area contributed by atoms with Crippen molar-refractivity contribution >= 4 is 35.8 Å². The van der Waals surface area contributed by atoms with Crippen molar-refractivity contribution in [3.63, 3.8) is 0 Å². The Morgan fingerprint density at radius 1 is 1.23 bits per heavy atom. The van der Waals surface area contributed by atoms with Crippen LogP contribution in [0.25, 0.3) is 0 Å². The van der Waals surface area contributed by atoms with E-state index >= 15 is 0 Å². The van der Waals surface area contributed by atoms with Gasteiger partial charge >= 0.3 is 0 Å². The number of guanidine groups is 1. The van der Waals surface area contributed by atoms with E-state index in [1.807, 2.05) is 4.90 Å². The fourth-order valence-corrected chi connectivity index (χ4v) is 4.71. The maximum Gasteiger partial charge on any atom is 0.191 e. The highest BCUT2D eigenvalue weighted by Crippen LogP contribution is 2.21. The highest BCUT2D eigenvalue weighted by molar-refractivity contribution is 14.0. The molecule has 30 heavy (non-hydrogen) atoms. The molecular formula is C22H38FIN6. The number of aromatic nitrogens is 1. The van der Waals surface area contributed by atoms with Crippen LogP contribution in [0.1, 0.15) is 39.5 Å². The van der Waals surface area contributed by atoms with Gasteiger partial charge in [0.1, 0.15) is 0 Å². The minimum Gasteiger partial charge on any atom is -0.356 e. The molecule has 0 spiro atoms. The highest BCUT2D eigenvalue weighted by Gasteiger charge is 2.26. The summed E-state index contributed by atoms with van der Waals surface area (Å²) in [6, 6.07) is 3.34. The predicted molar refractivity (Wildman–Crippen MR) is 133 cm³/mol. The van der Waals surface area contributed by atoms with Crippen molar-refractivity contribution in [3.8, 4) is 0 Å². The highest BCUT2D eigenvalue weighted by atomic mass is 127. The molecule has 1 aromatic heterocycles. The molecule has 3 rings (SSSR count). The Morgan fingerprint density at radius 2 is 2.00 bits per heavy atom. The molecule has 6 nitrogen and oxygen atoms in total. The lowest BCUT2D eigenvalue weighted by molar-refractivity contribution is 0.139. The molecule has 2 fully saturated rings. The third kappa shape index (κ3) is 7.51. The second-order valence-electron chi connectivity index (χ2n) is 8.80. The zero-order valence-electron chi connectivity index (χ0n) is 18.6. The number of piperidine rings is 1. The summed E-state index contributed by atoms with van der Waals surface area (Å²) < 4.78 is 13.9. The Hall–Kier alpha value is -1.16. The molecule has 0 aliphatic carbocycles. The predicted octanol–water partition coefficient (Wildman–Crippen LogP) is 3.34. The van der Waals surface area contributed by atoms with Crippen LogP contribution in [0.15, 0.2) is 23.3 Å². The van der Waals surface area contributed by atoms with Gasteiger partial charge in [-0.3, -0.25) is 4.99 Å². The zero-order chi connectivity index (χ0) is 20.6. The van der Waals surface area contributed by atoms with E-state index < -0.39 is 0 Å². The molecule has 0 amide bonds. The summed E-state index contributed by atoms with van der Waals surface area (Å²) in [5.74, 6) is 2.67. The summed E-state index contributed by atoms with van der Waals surface area (Å²) in [6.07, 6.45) is 6.30. The largest absolute Gasteiger partial charge is 0.356 e. The second-order valence-corrected chi connectivity index (χ2v) is 8.80. The number of pyridine rings is 1. The number of nitrogens with zero attached hydrogens (tertiary/aromatic N) is 4. The van der Waals surface area contributed by atoms with Crippen LogP contribution in [-0.4, -0.2) is 68.2 Å². The van der Waals surface area contributed by atoms with E-state index in [0.29, 0.717) is 5.82 Å². The molecular weight excluding hydrogens is 494 g/mol. The molecule has 8 heteroatoms. The first-order valence-electron chi connectivity index (χ1n) is 11.1. The maximum absolute atomic E-state index is 13.9. The lowest BCUT2D eigenvalue weighted by Crippen LogP contribution is -2.45. The van der Waals surface area contributed by atoms with Crippen molar-refractivity contribution in [3.05, 3.63) is 24.1 Å². The molecule has 0 aromatic carbocycles. The van der Waals surface area contributed by atoms with E-state index in [1.165, 1.54) is 38.5 Å². The number of likely N-dealkylation sites (tertiary alicyclic amines) is 1. The van der Waals surface area contributed by atoms with Gasteiger partial charge in [0.25, 0.3) is 0 Å². The quantitative estimate of drug-likeness (QED) is 0.244. The van der Waals surface area contributed by atoms with E-state index in [0.717, 1.165) is 50.3 Å². The second kappa shape index (κ2) is 12.6. The molecule has 0 saturated carbocycles. The van der Waals surface area contributed by atoms with Gasteiger partial charge in [0.2, 0.25) is 0 Å². The third-order valence-corrected chi connectivity index (χ3v) is 5.93. The number of unbranched alkanes of at least 4 members (excludes halogenated alkanes) is 1. The Kier molecular flexibility index (Phi) is 10.6. The molecule has 2 saturated heterocycles. The molecule has 170 valence electrons. The van der Waals surface area contributed by atoms with Crippen molar-refractivity contribution in [1.82, 2.24) is 20.5 Å². The number of hydrogen-bond acceptors (Lipinski definition) is 4. The smallest absolute Gasteiger partial charge is 0.191 e. The Labute approximate surface area is 198 Å². The summed E-state index contributed by atoms with van der Waals surface area (Å²) in [5, 5.41) is 6.90. The van der Waals surface area contributed by atoms with Crippen LogP contribution in [0.3, 0.4) is 0 Å². The van der Waals surface area contributed by atoms with Gasteiger partial charge in [0.15, 0.2) is 17.6 Å². The van der Waals surface area contributed by atoms with Crippen molar-refractivity contribution in [2.45, 2.75) is 45.6 Å². The van der Waals surface area contributed by atoms with E-state index in [1.54, 1.807) is 19.3 Å². The Balaban J connectivity index is 0.00000320. The van der Waals surface area contributed by atoms with E-state index in [4.69, 9.17) is 0 Å². The first-order valence-corrected chi connectivity index (χ1v) is 11.1. The van der Waals surface area contributed by atoms with Gasteiger partial charge in [0, 0.05) is 52.0 Å². The number of nitrogens with one attached hydrogen (secondary N) is 2. The molecule has 3 atom stereocenters. The number of hydrogen-bond donors (Lipinski definition) is 2. The monoisotopic (exact) mass is 532 g/mol. The molecule has 0 radical (unpaired) electrons. The fourth-order valence-electron chi connectivity index (χ4n) is 4.71. The van der Waals surface area contributed by atoms with E-state index in [9.17, 15) is 4.39 Å². The lowest BCUT2D eigenvalue weighted by atomic mass is 9.92. The van der Waals surface area contributed by atoms with Gasteiger partial charge in [-0.2, -0.15) is 0 Å². The lowest BCUT2D eigenvalue weighted by Gasteiger charge is -2.34. The van der Waals surface area contributed by atoms with Crippen LogP contribution < -0.4 is 15.5 Å². The summed E-state index contributed by atoms with van der Waals surface area (Å²) in [5.41, 5.74) is 0. The summed E-state index contributed by atoms with van der Waals surface area (Å²) in [7, 11) is 1.80. The van der Waals surface area contributed by atoms with Crippen molar-refractivity contribution in [2.24, 2.45) is 16.8 Å².